The Bertz CT molecular complexity index is 1030. The molecule has 2 aliphatic rings. The number of nitrogens with two attached hydrogens (primary N) is 1. The zero-order valence-corrected chi connectivity index (χ0v) is 20.4. The number of nitrogens with zero attached hydrogens (tertiary/aromatic N) is 1. The van der Waals surface area contributed by atoms with E-state index >= 15 is 0 Å². The summed E-state index contributed by atoms with van der Waals surface area (Å²) >= 11 is 0. The number of rotatable bonds is 8. The molecule has 4 rings (SSSR count). The summed E-state index contributed by atoms with van der Waals surface area (Å²) in [4.78, 5) is 4.04. The van der Waals surface area contributed by atoms with Crippen molar-refractivity contribution in [2.24, 2.45) is 10.7 Å². The minimum atomic E-state index is -0.839. The van der Waals surface area contributed by atoms with Crippen molar-refractivity contribution in [3.05, 3.63) is 75.4 Å². The summed E-state index contributed by atoms with van der Waals surface area (Å²) in [6, 6.07) is 11.8. The molecule has 3 unspecified atom stereocenters. The smallest absolute Gasteiger partial charge is 0.132 e. The van der Waals surface area contributed by atoms with Crippen LogP contribution in [0.15, 0.2) is 41.4 Å². The summed E-state index contributed by atoms with van der Waals surface area (Å²) in [6.45, 7) is 6.24. The number of hydrogen-bond donors (Lipinski definition) is 4. The number of aliphatic hydroxyl groups is 1. The quantitative estimate of drug-likeness (QED) is 0.348. The molecular formula is C28H38N4O. The van der Waals surface area contributed by atoms with E-state index in [9.17, 15) is 5.11 Å². The molecule has 176 valence electrons. The number of fused-ring (bicyclic) bond motifs is 1. The van der Waals surface area contributed by atoms with E-state index in [0.717, 1.165) is 40.7 Å². The van der Waals surface area contributed by atoms with Gasteiger partial charge < -0.3 is 16.2 Å². The van der Waals surface area contributed by atoms with Gasteiger partial charge in [0.05, 0.1) is 6.17 Å². The normalized spacial score (nSPS) is 20.7. The fourth-order valence-electron chi connectivity index (χ4n) is 5.27. The number of aliphatic hydroxyl groups excluding tert-OH is 1. The Balaban J connectivity index is 1.45. The number of allylic oxidation sites excluding steroid dienone is 2. The largest absolute Gasteiger partial charge is 0.374 e. The van der Waals surface area contributed by atoms with E-state index in [1.807, 2.05) is 18.2 Å². The minimum absolute atomic E-state index is 0.438. The number of benzene rings is 2. The molecule has 0 spiro atoms. The van der Waals surface area contributed by atoms with E-state index in [1.54, 1.807) is 13.3 Å². The van der Waals surface area contributed by atoms with Gasteiger partial charge in [-0.3, -0.25) is 10.3 Å². The van der Waals surface area contributed by atoms with Gasteiger partial charge in [0, 0.05) is 25.3 Å². The van der Waals surface area contributed by atoms with Crippen LogP contribution in [0.25, 0.3) is 5.57 Å². The Morgan fingerprint density at radius 3 is 2.48 bits per heavy atom. The van der Waals surface area contributed by atoms with Gasteiger partial charge in [0.25, 0.3) is 0 Å². The Morgan fingerprint density at radius 2 is 1.85 bits per heavy atom. The van der Waals surface area contributed by atoms with Gasteiger partial charge in [-0.05, 0) is 97.0 Å². The van der Waals surface area contributed by atoms with Gasteiger partial charge in [-0.2, -0.15) is 0 Å². The second-order valence-electron chi connectivity index (χ2n) is 9.68. The molecule has 0 heterocycles. The van der Waals surface area contributed by atoms with Gasteiger partial charge in [-0.1, -0.05) is 36.8 Å². The first-order valence-corrected chi connectivity index (χ1v) is 12.2. The van der Waals surface area contributed by atoms with Crippen molar-refractivity contribution in [3.8, 4) is 0 Å². The van der Waals surface area contributed by atoms with Crippen molar-refractivity contribution in [3.63, 3.8) is 0 Å². The lowest BCUT2D eigenvalue weighted by Gasteiger charge is -2.30. The molecule has 0 bridgehead atoms. The lowest BCUT2D eigenvalue weighted by molar-refractivity contribution is 0.124. The standard InChI is InChI=1S/C28H38N4O/c1-17(12-13-30-4)26-18(2)14-22(15-19(26)3)28(33)32-27(29)21-8-10-24-20(16-21)9-11-25(24)31-23-6-5-7-23/h8,10,12-16,23,25,27-28,31-33H,5-7,9,11,29H2,1-4H3/b17-12+,30-13?. The maximum Gasteiger partial charge on any atom is 0.132 e. The third-order valence-electron chi connectivity index (χ3n) is 7.22. The zero-order valence-electron chi connectivity index (χ0n) is 20.4. The van der Waals surface area contributed by atoms with Crippen molar-refractivity contribution in [2.75, 3.05) is 7.05 Å². The SMILES string of the molecule is CN=C/C=C(\C)c1c(C)cc(C(O)NC(N)c2ccc3c(c2)CCC3NC2CCC2)cc1C. The molecule has 0 amide bonds. The highest BCUT2D eigenvalue weighted by Gasteiger charge is 2.28. The molecule has 0 saturated heterocycles. The molecule has 0 aromatic heterocycles. The van der Waals surface area contributed by atoms with E-state index in [2.05, 4.69) is 54.6 Å². The minimum Gasteiger partial charge on any atom is -0.374 e. The van der Waals surface area contributed by atoms with Gasteiger partial charge in [-0.15, -0.1) is 0 Å². The molecule has 1 saturated carbocycles. The summed E-state index contributed by atoms with van der Waals surface area (Å²) in [5.74, 6) is 0. The van der Waals surface area contributed by atoms with Crippen LogP contribution in [0.1, 0.15) is 90.0 Å². The van der Waals surface area contributed by atoms with Crippen LogP contribution in [0.2, 0.25) is 0 Å². The van der Waals surface area contributed by atoms with Crippen LogP contribution in [0, 0.1) is 13.8 Å². The number of aliphatic imine (C=N–C) groups is 1. The Labute approximate surface area is 198 Å². The van der Waals surface area contributed by atoms with E-state index in [1.165, 1.54) is 36.0 Å². The van der Waals surface area contributed by atoms with E-state index in [-0.39, 0.29) is 0 Å². The molecule has 2 aromatic rings. The number of aryl methyl sites for hydroxylation is 3. The molecular weight excluding hydrogens is 408 g/mol. The lowest BCUT2D eigenvalue weighted by Crippen LogP contribution is -2.37. The molecule has 5 nitrogen and oxygen atoms in total. The average molecular weight is 447 g/mol. The first-order valence-electron chi connectivity index (χ1n) is 12.2. The van der Waals surface area contributed by atoms with Gasteiger partial charge in [-0.25, -0.2) is 0 Å². The third kappa shape index (κ3) is 5.28. The molecule has 2 aromatic carbocycles. The number of hydrogen-bond acceptors (Lipinski definition) is 5. The van der Waals surface area contributed by atoms with Crippen LogP contribution >= 0.6 is 0 Å². The molecule has 5 N–H and O–H groups in total. The molecule has 0 aliphatic heterocycles. The molecule has 0 radical (unpaired) electrons. The predicted molar refractivity (Wildman–Crippen MR) is 137 cm³/mol. The highest BCUT2D eigenvalue weighted by Crippen LogP contribution is 2.35. The summed E-state index contributed by atoms with van der Waals surface area (Å²) < 4.78 is 0. The van der Waals surface area contributed by atoms with Gasteiger partial charge in [0.15, 0.2) is 0 Å². The van der Waals surface area contributed by atoms with Crippen molar-refractivity contribution in [1.29, 1.82) is 0 Å². The molecule has 5 heteroatoms. The fourth-order valence-corrected chi connectivity index (χ4v) is 5.27. The van der Waals surface area contributed by atoms with Gasteiger partial charge in [0.2, 0.25) is 0 Å². The number of nitrogens with one attached hydrogen (secondary N) is 2. The van der Waals surface area contributed by atoms with Crippen molar-refractivity contribution in [2.45, 2.75) is 77.4 Å². The first kappa shape index (κ1) is 23.8. The average Bonchev–Trinajstić information content (AvgIpc) is 3.16. The fraction of sp³-hybridized carbons (Fsp3) is 0.464. The van der Waals surface area contributed by atoms with Crippen LogP contribution in [0.3, 0.4) is 0 Å². The second-order valence-corrected chi connectivity index (χ2v) is 9.68. The van der Waals surface area contributed by atoms with E-state index in [4.69, 9.17) is 5.73 Å². The van der Waals surface area contributed by atoms with Crippen molar-refractivity contribution < 1.29 is 5.11 Å². The van der Waals surface area contributed by atoms with Gasteiger partial charge in [0.1, 0.15) is 6.23 Å². The maximum absolute atomic E-state index is 10.9. The molecule has 33 heavy (non-hydrogen) atoms. The molecule has 3 atom stereocenters. The van der Waals surface area contributed by atoms with Crippen LogP contribution in [0.5, 0.6) is 0 Å². The summed E-state index contributed by atoms with van der Waals surface area (Å²) in [7, 11) is 1.77. The van der Waals surface area contributed by atoms with Crippen LogP contribution < -0.4 is 16.4 Å². The van der Waals surface area contributed by atoms with Crippen LogP contribution in [-0.4, -0.2) is 24.4 Å². The van der Waals surface area contributed by atoms with Crippen molar-refractivity contribution in [1.82, 2.24) is 10.6 Å². The van der Waals surface area contributed by atoms with Crippen molar-refractivity contribution >= 4 is 11.8 Å². The van der Waals surface area contributed by atoms with Gasteiger partial charge >= 0.3 is 0 Å². The Kier molecular flexibility index (Phi) is 7.45. The summed E-state index contributed by atoms with van der Waals surface area (Å²) in [5.41, 5.74) is 15.7. The Morgan fingerprint density at radius 1 is 1.12 bits per heavy atom. The predicted octanol–water partition coefficient (Wildman–Crippen LogP) is 4.77. The zero-order chi connectivity index (χ0) is 23.5. The lowest BCUT2D eigenvalue weighted by atomic mass is 9.91. The molecule has 2 aliphatic carbocycles. The third-order valence-corrected chi connectivity index (χ3v) is 7.22. The van der Waals surface area contributed by atoms with Crippen LogP contribution in [-0.2, 0) is 6.42 Å². The van der Waals surface area contributed by atoms with Crippen LogP contribution in [0.4, 0.5) is 0 Å². The maximum atomic E-state index is 10.9. The monoisotopic (exact) mass is 446 g/mol. The Hall–Kier alpha value is -2.31. The second kappa shape index (κ2) is 10.3. The highest BCUT2D eigenvalue weighted by atomic mass is 16.3. The van der Waals surface area contributed by atoms with E-state index < -0.39 is 12.4 Å². The topological polar surface area (TPSA) is 82.7 Å². The highest BCUT2D eigenvalue weighted by molar-refractivity contribution is 5.85. The first-order chi connectivity index (χ1) is 15.9. The van der Waals surface area contributed by atoms with E-state index in [0.29, 0.717) is 12.1 Å². The molecule has 1 fully saturated rings. The summed E-state index contributed by atoms with van der Waals surface area (Å²) in [6.07, 6.45) is 8.74. The summed E-state index contributed by atoms with van der Waals surface area (Å²) in [5, 5.41) is 17.9.